The minimum Gasteiger partial charge on any atom is -0.461 e. The summed E-state index contributed by atoms with van der Waals surface area (Å²) in [5.74, 6) is 1.37. The minimum absolute atomic E-state index is 0.0988. The van der Waals surface area contributed by atoms with E-state index in [0.717, 1.165) is 24.5 Å². The zero-order valence-electron chi connectivity index (χ0n) is 16.7. The molecule has 0 spiro atoms. The molecule has 1 N–H and O–H groups in total. The van der Waals surface area contributed by atoms with Gasteiger partial charge in [-0.05, 0) is 50.2 Å². The van der Waals surface area contributed by atoms with E-state index in [0.29, 0.717) is 23.3 Å². The molecule has 0 radical (unpaired) electrons. The van der Waals surface area contributed by atoms with Crippen LogP contribution in [0, 0.1) is 0 Å². The SMILES string of the molecule is C=CCn1c(SCC(=O)Nc2ccc(N(CC)CC)cc2)nnc1-c1ccco1. The van der Waals surface area contributed by atoms with Gasteiger partial charge in [-0.15, -0.1) is 16.8 Å². The molecule has 1 aromatic carbocycles. The lowest BCUT2D eigenvalue weighted by Crippen LogP contribution is -2.21. The molecule has 152 valence electrons. The van der Waals surface area contributed by atoms with Crippen molar-refractivity contribution in [3.8, 4) is 11.6 Å². The monoisotopic (exact) mass is 411 g/mol. The van der Waals surface area contributed by atoms with Crippen LogP contribution in [0.4, 0.5) is 11.4 Å². The van der Waals surface area contributed by atoms with E-state index in [2.05, 4.69) is 40.8 Å². The topological polar surface area (TPSA) is 76.2 Å². The molecular weight excluding hydrogens is 386 g/mol. The Morgan fingerprint density at radius 1 is 1.24 bits per heavy atom. The van der Waals surface area contributed by atoms with Crippen LogP contribution >= 0.6 is 11.8 Å². The fourth-order valence-corrected chi connectivity index (χ4v) is 3.70. The fourth-order valence-electron chi connectivity index (χ4n) is 2.95. The second-order valence-corrected chi connectivity index (χ2v) is 7.18. The maximum Gasteiger partial charge on any atom is 0.234 e. The van der Waals surface area contributed by atoms with E-state index in [1.165, 1.54) is 11.8 Å². The highest BCUT2D eigenvalue weighted by molar-refractivity contribution is 7.99. The van der Waals surface area contributed by atoms with Gasteiger partial charge in [-0.3, -0.25) is 9.36 Å². The summed E-state index contributed by atoms with van der Waals surface area (Å²) in [6.07, 6.45) is 3.35. The van der Waals surface area contributed by atoms with Crippen LogP contribution in [0.3, 0.4) is 0 Å². The summed E-state index contributed by atoms with van der Waals surface area (Å²) in [5.41, 5.74) is 1.92. The van der Waals surface area contributed by atoms with Crippen LogP contribution in [0.5, 0.6) is 0 Å². The quantitative estimate of drug-likeness (QED) is 0.396. The van der Waals surface area contributed by atoms with Gasteiger partial charge in [0.25, 0.3) is 0 Å². The van der Waals surface area contributed by atoms with Crippen molar-refractivity contribution in [1.29, 1.82) is 0 Å². The second kappa shape index (κ2) is 9.97. The molecule has 3 rings (SSSR count). The van der Waals surface area contributed by atoms with Crippen LogP contribution in [0.1, 0.15) is 13.8 Å². The first-order valence-corrected chi connectivity index (χ1v) is 10.5. The van der Waals surface area contributed by atoms with Crippen molar-refractivity contribution in [3.05, 3.63) is 55.3 Å². The molecule has 0 aliphatic heterocycles. The number of carbonyl (C=O) groups is 1. The van der Waals surface area contributed by atoms with Gasteiger partial charge >= 0.3 is 0 Å². The molecule has 3 aromatic rings. The van der Waals surface area contributed by atoms with Gasteiger partial charge in [-0.2, -0.15) is 0 Å². The van der Waals surface area contributed by atoms with E-state index in [-0.39, 0.29) is 11.7 Å². The van der Waals surface area contributed by atoms with Gasteiger partial charge < -0.3 is 14.6 Å². The maximum absolute atomic E-state index is 12.4. The molecule has 0 saturated carbocycles. The molecule has 0 bridgehead atoms. The Bertz CT molecular complexity index is 931. The van der Waals surface area contributed by atoms with E-state index in [1.54, 1.807) is 18.4 Å². The number of nitrogens with zero attached hydrogens (tertiary/aromatic N) is 4. The third-order valence-corrected chi connectivity index (χ3v) is 5.35. The largest absolute Gasteiger partial charge is 0.461 e. The van der Waals surface area contributed by atoms with Crippen LogP contribution in [-0.2, 0) is 11.3 Å². The van der Waals surface area contributed by atoms with Crippen molar-refractivity contribution in [2.24, 2.45) is 0 Å². The van der Waals surface area contributed by atoms with Crippen LogP contribution < -0.4 is 10.2 Å². The van der Waals surface area contributed by atoms with Crippen molar-refractivity contribution < 1.29 is 9.21 Å². The molecule has 1 amide bonds. The van der Waals surface area contributed by atoms with Crippen molar-refractivity contribution in [3.63, 3.8) is 0 Å². The Hall–Kier alpha value is -3.00. The van der Waals surface area contributed by atoms with Crippen molar-refractivity contribution in [2.45, 2.75) is 25.5 Å². The number of furan rings is 1. The molecule has 0 aliphatic rings. The lowest BCUT2D eigenvalue weighted by atomic mass is 10.2. The molecule has 2 aromatic heterocycles. The Morgan fingerprint density at radius 2 is 2.00 bits per heavy atom. The van der Waals surface area contributed by atoms with E-state index in [9.17, 15) is 4.79 Å². The molecule has 0 atom stereocenters. The molecule has 0 fully saturated rings. The van der Waals surface area contributed by atoms with Gasteiger partial charge in [-0.1, -0.05) is 17.8 Å². The zero-order chi connectivity index (χ0) is 20.6. The second-order valence-electron chi connectivity index (χ2n) is 6.24. The number of nitrogens with one attached hydrogen (secondary N) is 1. The Labute approximate surface area is 174 Å². The fraction of sp³-hybridized carbons (Fsp3) is 0.286. The van der Waals surface area contributed by atoms with Gasteiger partial charge in [0, 0.05) is 31.0 Å². The maximum atomic E-state index is 12.4. The van der Waals surface area contributed by atoms with Crippen LogP contribution in [-0.4, -0.2) is 39.5 Å². The highest BCUT2D eigenvalue weighted by Gasteiger charge is 2.16. The van der Waals surface area contributed by atoms with E-state index in [4.69, 9.17) is 4.42 Å². The van der Waals surface area contributed by atoms with Crippen molar-refractivity contribution in [2.75, 3.05) is 29.1 Å². The molecule has 2 heterocycles. The number of hydrogen-bond donors (Lipinski definition) is 1. The molecule has 7 nitrogen and oxygen atoms in total. The first-order chi connectivity index (χ1) is 14.2. The number of amides is 1. The lowest BCUT2D eigenvalue weighted by Gasteiger charge is -2.21. The van der Waals surface area contributed by atoms with E-state index in [1.807, 2.05) is 34.9 Å². The van der Waals surface area contributed by atoms with Gasteiger partial charge in [-0.25, -0.2) is 0 Å². The average Bonchev–Trinajstić information content (AvgIpc) is 3.39. The number of hydrogen-bond acceptors (Lipinski definition) is 6. The summed E-state index contributed by atoms with van der Waals surface area (Å²) in [4.78, 5) is 14.6. The molecular formula is C21H25N5O2S. The third-order valence-electron chi connectivity index (χ3n) is 4.38. The first-order valence-electron chi connectivity index (χ1n) is 9.51. The molecule has 0 unspecified atom stereocenters. The summed E-state index contributed by atoms with van der Waals surface area (Å²) in [5, 5.41) is 12.0. The summed E-state index contributed by atoms with van der Waals surface area (Å²) in [7, 11) is 0. The number of benzene rings is 1. The summed E-state index contributed by atoms with van der Waals surface area (Å²) >= 11 is 1.33. The number of aromatic nitrogens is 3. The summed E-state index contributed by atoms with van der Waals surface area (Å²) in [6, 6.07) is 11.5. The number of rotatable bonds is 10. The summed E-state index contributed by atoms with van der Waals surface area (Å²) in [6.45, 7) is 10.5. The molecule has 0 saturated heterocycles. The highest BCUT2D eigenvalue weighted by atomic mass is 32.2. The number of thioether (sulfide) groups is 1. The zero-order valence-corrected chi connectivity index (χ0v) is 17.5. The van der Waals surface area contributed by atoms with E-state index < -0.39 is 0 Å². The number of allylic oxidation sites excluding steroid dienone is 1. The number of carbonyl (C=O) groups excluding carboxylic acids is 1. The van der Waals surface area contributed by atoms with Gasteiger partial charge in [0.2, 0.25) is 11.7 Å². The van der Waals surface area contributed by atoms with E-state index >= 15 is 0 Å². The Balaban J connectivity index is 1.61. The van der Waals surface area contributed by atoms with Crippen LogP contribution in [0.25, 0.3) is 11.6 Å². The Kier molecular flexibility index (Phi) is 7.13. The van der Waals surface area contributed by atoms with Crippen LogP contribution in [0.2, 0.25) is 0 Å². The number of anilines is 2. The first kappa shape index (κ1) is 20.7. The third kappa shape index (κ3) is 5.08. The molecule has 0 aliphatic carbocycles. The van der Waals surface area contributed by atoms with Crippen molar-refractivity contribution in [1.82, 2.24) is 14.8 Å². The molecule has 29 heavy (non-hydrogen) atoms. The normalized spacial score (nSPS) is 10.7. The smallest absolute Gasteiger partial charge is 0.234 e. The average molecular weight is 412 g/mol. The van der Waals surface area contributed by atoms with Crippen molar-refractivity contribution >= 4 is 29.0 Å². The predicted octanol–water partition coefficient (Wildman–Crippen LogP) is 4.30. The van der Waals surface area contributed by atoms with Crippen LogP contribution in [0.15, 0.2) is 64.9 Å². The Morgan fingerprint density at radius 3 is 2.62 bits per heavy atom. The standard InChI is InChI=1S/C21H25N5O2S/c1-4-13-26-20(18-8-7-14-28-18)23-24-21(26)29-15-19(27)22-16-9-11-17(12-10-16)25(5-2)6-3/h4,7-12,14H,1,5-6,13,15H2,2-3H3,(H,22,27). The minimum atomic E-state index is -0.0988. The van der Waals surface area contributed by atoms with Gasteiger partial charge in [0.1, 0.15) is 0 Å². The summed E-state index contributed by atoms with van der Waals surface area (Å²) < 4.78 is 7.30. The van der Waals surface area contributed by atoms with Gasteiger partial charge in [0.05, 0.1) is 12.0 Å². The lowest BCUT2D eigenvalue weighted by molar-refractivity contribution is -0.113. The molecule has 8 heteroatoms. The highest BCUT2D eigenvalue weighted by Crippen LogP contribution is 2.25. The van der Waals surface area contributed by atoms with Gasteiger partial charge in [0.15, 0.2) is 10.9 Å². The predicted molar refractivity (Wildman–Crippen MR) is 117 cm³/mol.